The van der Waals surface area contributed by atoms with Crippen LogP contribution in [0.3, 0.4) is 0 Å². The van der Waals surface area contributed by atoms with Gasteiger partial charge in [0.2, 0.25) is 0 Å². The van der Waals surface area contributed by atoms with E-state index in [9.17, 15) is 13.2 Å². The zero-order valence-electron chi connectivity index (χ0n) is 17.3. The van der Waals surface area contributed by atoms with Gasteiger partial charge in [-0.3, -0.25) is 0 Å². The molecule has 0 radical (unpaired) electrons. The maximum Gasteiger partial charge on any atom is 0.422 e. The normalized spacial score (nSPS) is 11.6. The zero-order chi connectivity index (χ0) is 22.4. The molecule has 0 amide bonds. The molecule has 0 saturated carbocycles. The molecule has 32 heavy (non-hydrogen) atoms. The summed E-state index contributed by atoms with van der Waals surface area (Å²) in [6, 6.07) is 22.3. The minimum Gasteiger partial charge on any atom is -0.484 e. The molecule has 0 aliphatic carbocycles. The SMILES string of the molecule is FC(F)(F)COc1cccc(CNCCc2c[nH]c3ccc(Oc4ccccc4)cc23)c1. The van der Waals surface area contributed by atoms with Gasteiger partial charge < -0.3 is 19.8 Å². The van der Waals surface area contributed by atoms with Gasteiger partial charge in [0.15, 0.2) is 6.61 Å². The minimum atomic E-state index is -4.35. The molecule has 0 atom stereocenters. The highest BCUT2D eigenvalue weighted by Crippen LogP contribution is 2.27. The van der Waals surface area contributed by atoms with Gasteiger partial charge in [0.1, 0.15) is 17.2 Å². The van der Waals surface area contributed by atoms with Crippen molar-refractivity contribution in [2.45, 2.75) is 19.1 Å². The Balaban J connectivity index is 1.32. The van der Waals surface area contributed by atoms with E-state index in [0.717, 1.165) is 39.9 Å². The van der Waals surface area contributed by atoms with Crippen LogP contribution in [0.2, 0.25) is 0 Å². The Morgan fingerprint density at radius 2 is 1.66 bits per heavy atom. The standard InChI is InChI=1S/C25H23F3N2O2/c26-25(27,28)17-31-21-8-4-5-18(13-21)15-29-12-11-19-16-30-24-10-9-22(14-23(19)24)32-20-6-2-1-3-7-20/h1-10,13-14,16,29-30H,11-12,15,17H2. The Morgan fingerprint density at radius 1 is 0.844 bits per heavy atom. The number of ether oxygens (including phenoxy) is 2. The first-order chi connectivity index (χ1) is 15.5. The van der Waals surface area contributed by atoms with E-state index in [4.69, 9.17) is 9.47 Å². The van der Waals surface area contributed by atoms with Crippen LogP contribution in [0, 0.1) is 0 Å². The molecule has 1 heterocycles. The number of para-hydroxylation sites is 1. The molecule has 0 aliphatic heterocycles. The van der Waals surface area contributed by atoms with E-state index < -0.39 is 12.8 Å². The van der Waals surface area contributed by atoms with Crippen molar-refractivity contribution in [2.75, 3.05) is 13.2 Å². The summed E-state index contributed by atoms with van der Waals surface area (Å²) in [6.07, 6.45) is -1.57. The lowest BCUT2D eigenvalue weighted by molar-refractivity contribution is -0.153. The number of aromatic nitrogens is 1. The van der Waals surface area contributed by atoms with Gasteiger partial charge in [0.25, 0.3) is 0 Å². The van der Waals surface area contributed by atoms with Crippen molar-refractivity contribution in [2.24, 2.45) is 0 Å². The Morgan fingerprint density at radius 3 is 2.47 bits per heavy atom. The fourth-order valence-electron chi connectivity index (χ4n) is 3.42. The Labute approximate surface area is 184 Å². The third-order valence-corrected chi connectivity index (χ3v) is 4.92. The van der Waals surface area contributed by atoms with E-state index in [-0.39, 0.29) is 5.75 Å². The molecule has 0 fully saturated rings. The molecule has 4 nitrogen and oxygen atoms in total. The molecular formula is C25H23F3N2O2. The number of halogens is 3. The van der Waals surface area contributed by atoms with Crippen LogP contribution in [-0.4, -0.2) is 24.3 Å². The van der Waals surface area contributed by atoms with Gasteiger partial charge in [-0.25, -0.2) is 0 Å². The summed E-state index contributed by atoms with van der Waals surface area (Å²) < 4.78 is 47.7. The Kier molecular flexibility index (Phi) is 6.66. The summed E-state index contributed by atoms with van der Waals surface area (Å²) in [4.78, 5) is 3.28. The number of benzene rings is 3. The molecule has 7 heteroatoms. The predicted molar refractivity (Wildman–Crippen MR) is 118 cm³/mol. The first kappa shape index (κ1) is 21.8. The fraction of sp³-hybridized carbons (Fsp3) is 0.200. The van der Waals surface area contributed by atoms with E-state index in [0.29, 0.717) is 13.1 Å². The third kappa shape index (κ3) is 6.04. The smallest absolute Gasteiger partial charge is 0.422 e. The summed E-state index contributed by atoms with van der Waals surface area (Å²) in [5, 5.41) is 4.44. The van der Waals surface area contributed by atoms with E-state index in [2.05, 4.69) is 10.3 Å². The fourth-order valence-corrected chi connectivity index (χ4v) is 3.42. The average molecular weight is 440 g/mol. The largest absolute Gasteiger partial charge is 0.484 e. The molecular weight excluding hydrogens is 417 g/mol. The molecule has 166 valence electrons. The quantitative estimate of drug-likeness (QED) is 0.303. The van der Waals surface area contributed by atoms with Crippen molar-refractivity contribution in [1.82, 2.24) is 10.3 Å². The monoisotopic (exact) mass is 440 g/mol. The van der Waals surface area contributed by atoms with Crippen LogP contribution in [0.1, 0.15) is 11.1 Å². The predicted octanol–water partition coefficient (Wildman–Crippen LogP) is 6.23. The van der Waals surface area contributed by atoms with Crippen molar-refractivity contribution in [3.63, 3.8) is 0 Å². The lowest BCUT2D eigenvalue weighted by Crippen LogP contribution is -2.19. The average Bonchev–Trinajstić information content (AvgIpc) is 3.18. The third-order valence-electron chi connectivity index (χ3n) is 4.92. The lowest BCUT2D eigenvalue weighted by Gasteiger charge is -2.11. The number of H-pyrrole nitrogens is 1. The highest BCUT2D eigenvalue weighted by Gasteiger charge is 2.28. The van der Waals surface area contributed by atoms with Gasteiger partial charge >= 0.3 is 6.18 Å². The number of alkyl halides is 3. The molecule has 0 saturated heterocycles. The molecule has 2 N–H and O–H groups in total. The van der Waals surface area contributed by atoms with Gasteiger partial charge in [-0.05, 0) is 66.6 Å². The van der Waals surface area contributed by atoms with Crippen LogP contribution in [-0.2, 0) is 13.0 Å². The van der Waals surface area contributed by atoms with E-state index in [1.54, 1.807) is 12.1 Å². The van der Waals surface area contributed by atoms with Gasteiger partial charge in [-0.1, -0.05) is 30.3 Å². The van der Waals surface area contributed by atoms with E-state index >= 15 is 0 Å². The number of hydrogen-bond donors (Lipinski definition) is 2. The molecule has 0 bridgehead atoms. The zero-order valence-corrected chi connectivity index (χ0v) is 17.3. The minimum absolute atomic E-state index is 0.212. The summed E-state index contributed by atoms with van der Waals surface area (Å²) >= 11 is 0. The van der Waals surface area contributed by atoms with Gasteiger partial charge in [-0.2, -0.15) is 13.2 Å². The second kappa shape index (κ2) is 9.78. The highest BCUT2D eigenvalue weighted by atomic mass is 19.4. The second-order valence-corrected chi connectivity index (χ2v) is 7.41. The van der Waals surface area contributed by atoms with Crippen molar-refractivity contribution in [3.05, 3.63) is 90.1 Å². The van der Waals surface area contributed by atoms with Crippen LogP contribution in [0.15, 0.2) is 79.0 Å². The molecule has 1 aromatic heterocycles. The number of rotatable bonds is 9. The Bertz CT molecular complexity index is 1160. The van der Waals surface area contributed by atoms with Crippen LogP contribution in [0.4, 0.5) is 13.2 Å². The van der Waals surface area contributed by atoms with E-state index in [1.807, 2.05) is 60.8 Å². The number of hydrogen-bond acceptors (Lipinski definition) is 3. The Hall–Kier alpha value is -3.45. The van der Waals surface area contributed by atoms with E-state index in [1.165, 1.54) is 6.07 Å². The summed E-state index contributed by atoms with van der Waals surface area (Å²) in [7, 11) is 0. The highest BCUT2D eigenvalue weighted by molar-refractivity contribution is 5.84. The molecule has 4 rings (SSSR count). The lowest BCUT2D eigenvalue weighted by atomic mass is 10.1. The molecule has 3 aromatic carbocycles. The van der Waals surface area contributed by atoms with Crippen molar-refractivity contribution >= 4 is 10.9 Å². The number of fused-ring (bicyclic) bond motifs is 1. The topological polar surface area (TPSA) is 46.3 Å². The van der Waals surface area contributed by atoms with Crippen molar-refractivity contribution < 1.29 is 22.6 Å². The van der Waals surface area contributed by atoms with Crippen molar-refractivity contribution in [3.8, 4) is 17.2 Å². The van der Waals surface area contributed by atoms with Crippen LogP contribution >= 0.6 is 0 Å². The summed E-state index contributed by atoms with van der Waals surface area (Å²) in [6.45, 7) is -0.0429. The van der Waals surface area contributed by atoms with Gasteiger partial charge in [0.05, 0.1) is 0 Å². The number of aromatic amines is 1. The van der Waals surface area contributed by atoms with Gasteiger partial charge in [-0.15, -0.1) is 0 Å². The molecule has 0 unspecified atom stereocenters. The number of nitrogens with one attached hydrogen (secondary N) is 2. The first-order valence-corrected chi connectivity index (χ1v) is 10.3. The maximum absolute atomic E-state index is 12.3. The maximum atomic E-state index is 12.3. The van der Waals surface area contributed by atoms with Crippen molar-refractivity contribution in [1.29, 1.82) is 0 Å². The summed E-state index contributed by atoms with van der Waals surface area (Å²) in [5.74, 6) is 1.77. The second-order valence-electron chi connectivity index (χ2n) is 7.41. The molecule has 0 spiro atoms. The van der Waals surface area contributed by atoms with Crippen LogP contribution in [0.25, 0.3) is 10.9 Å². The van der Waals surface area contributed by atoms with Crippen LogP contribution < -0.4 is 14.8 Å². The summed E-state index contributed by atoms with van der Waals surface area (Å²) in [5.41, 5.74) is 3.06. The van der Waals surface area contributed by atoms with Gasteiger partial charge in [0, 0.05) is 23.6 Å². The van der Waals surface area contributed by atoms with Crippen LogP contribution in [0.5, 0.6) is 17.2 Å². The molecule has 4 aromatic rings. The molecule has 0 aliphatic rings. The first-order valence-electron chi connectivity index (χ1n) is 10.3.